The van der Waals surface area contributed by atoms with E-state index in [9.17, 15) is 0 Å². The minimum absolute atomic E-state index is 0.157. The van der Waals surface area contributed by atoms with Crippen molar-refractivity contribution in [3.8, 4) is 0 Å². The Bertz CT molecular complexity index is 366. The van der Waals surface area contributed by atoms with E-state index in [0.29, 0.717) is 19.3 Å². The Labute approximate surface area is 109 Å². The van der Waals surface area contributed by atoms with Crippen LogP contribution in [0.15, 0.2) is 18.2 Å². The van der Waals surface area contributed by atoms with Gasteiger partial charge in [0, 0.05) is 6.04 Å². The summed E-state index contributed by atoms with van der Waals surface area (Å²) in [4.78, 5) is 0. The SMILES string of the molecule is CNC(Cc1cc(C)cc(C)c1)C1COCCO1. The van der Waals surface area contributed by atoms with E-state index in [2.05, 4.69) is 37.4 Å². The van der Waals surface area contributed by atoms with Crippen LogP contribution in [-0.2, 0) is 15.9 Å². The molecule has 0 bridgehead atoms. The summed E-state index contributed by atoms with van der Waals surface area (Å²) in [6.45, 7) is 6.40. The van der Waals surface area contributed by atoms with Crippen molar-refractivity contribution in [3.63, 3.8) is 0 Å². The molecule has 1 saturated heterocycles. The van der Waals surface area contributed by atoms with Gasteiger partial charge in [-0.05, 0) is 32.9 Å². The third-order valence-electron chi connectivity index (χ3n) is 3.40. The molecule has 0 aromatic heterocycles. The van der Waals surface area contributed by atoms with Crippen LogP contribution in [0.1, 0.15) is 16.7 Å². The van der Waals surface area contributed by atoms with Crippen LogP contribution in [0.4, 0.5) is 0 Å². The average molecular weight is 249 g/mol. The minimum atomic E-state index is 0.157. The Morgan fingerprint density at radius 3 is 2.50 bits per heavy atom. The number of rotatable bonds is 4. The van der Waals surface area contributed by atoms with E-state index in [1.807, 2.05) is 7.05 Å². The Morgan fingerprint density at radius 1 is 1.22 bits per heavy atom. The van der Waals surface area contributed by atoms with Gasteiger partial charge in [-0.15, -0.1) is 0 Å². The highest BCUT2D eigenvalue weighted by Crippen LogP contribution is 2.15. The molecular formula is C15H23NO2. The van der Waals surface area contributed by atoms with Crippen LogP contribution in [0, 0.1) is 13.8 Å². The minimum Gasteiger partial charge on any atom is -0.376 e. The van der Waals surface area contributed by atoms with Crippen LogP contribution >= 0.6 is 0 Å². The molecule has 2 rings (SSSR count). The standard InChI is InChI=1S/C15H23NO2/c1-11-6-12(2)8-13(7-11)9-14(16-3)15-10-17-4-5-18-15/h6-8,14-16H,4-5,9-10H2,1-3H3. The molecule has 2 unspecified atom stereocenters. The van der Waals surface area contributed by atoms with Crippen LogP contribution in [0.2, 0.25) is 0 Å². The molecular weight excluding hydrogens is 226 g/mol. The van der Waals surface area contributed by atoms with Crippen molar-refractivity contribution >= 4 is 0 Å². The van der Waals surface area contributed by atoms with Gasteiger partial charge in [0.2, 0.25) is 0 Å². The number of hydrogen-bond donors (Lipinski definition) is 1. The van der Waals surface area contributed by atoms with Gasteiger partial charge >= 0.3 is 0 Å². The fourth-order valence-electron chi connectivity index (χ4n) is 2.60. The molecule has 1 aromatic rings. The number of hydrogen-bond acceptors (Lipinski definition) is 3. The molecule has 1 aliphatic rings. The molecule has 2 atom stereocenters. The molecule has 1 aromatic carbocycles. The van der Waals surface area contributed by atoms with E-state index in [4.69, 9.17) is 9.47 Å². The highest BCUT2D eigenvalue weighted by molar-refractivity contribution is 5.29. The molecule has 3 heteroatoms. The molecule has 3 nitrogen and oxygen atoms in total. The maximum Gasteiger partial charge on any atom is 0.0965 e. The Morgan fingerprint density at radius 2 is 1.94 bits per heavy atom. The van der Waals surface area contributed by atoms with Crippen molar-refractivity contribution < 1.29 is 9.47 Å². The van der Waals surface area contributed by atoms with E-state index in [1.165, 1.54) is 16.7 Å². The first-order chi connectivity index (χ1) is 8.69. The summed E-state index contributed by atoms with van der Waals surface area (Å²) < 4.78 is 11.3. The van der Waals surface area contributed by atoms with Crippen LogP contribution in [0.25, 0.3) is 0 Å². The summed E-state index contributed by atoms with van der Waals surface area (Å²) in [5, 5.41) is 3.35. The number of benzene rings is 1. The molecule has 0 amide bonds. The summed E-state index contributed by atoms with van der Waals surface area (Å²) in [7, 11) is 1.99. The van der Waals surface area contributed by atoms with Crippen molar-refractivity contribution in [1.29, 1.82) is 0 Å². The number of aryl methyl sites for hydroxylation is 2. The number of likely N-dealkylation sites (N-methyl/N-ethyl adjacent to an activating group) is 1. The first-order valence-electron chi connectivity index (χ1n) is 6.63. The summed E-state index contributed by atoms with van der Waals surface area (Å²) in [6.07, 6.45) is 1.14. The van der Waals surface area contributed by atoms with Gasteiger partial charge in [0.15, 0.2) is 0 Å². The van der Waals surface area contributed by atoms with Crippen LogP contribution in [-0.4, -0.2) is 39.0 Å². The molecule has 1 heterocycles. The Kier molecular flexibility index (Phi) is 4.75. The third-order valence-corrected chi connectivity index (χ3v) is 3.40. The molecule has 0 saturated carbocycles. The molecule has 1 fully saturated rings. The molecule has 0 spiro atoms. The lowest BCUT2D eigenvalue weighted by atomic mass is 9.98. The second kappa shape index (κ2) is 6.32. The second-order valence-corrected chi connectivity index (χ2v) is 5.08. The largest absolute Gasteiger partial charge is 0.376 e. The maximum absolute atomic E-state index is 5.78. The van der Waals surface area contributed by atoms with Crippen LogP contribution in [0.3, 0.4) is 0 Å². The van der Waals surface area contributed by atoms with Gasteiger partial charge in [0.05, 0.1) is 25.9 Å². The zero-order valence-electron chi connectivity index (χ0n) is 11.5. The highest BCUT2D eigenvalue weighted by Gasteiger charge is 2.24. The van der Waals surface area contributed by atoms with Gasteiger partial charge in [-0.1, -0.05) is 29.3 Å². The van der Waals surface area contributed by atoms with Crippen LogP contribution in [0.5, 0.6) is 0 Å². The number of ether oxygens (including phenoxy) is 2. The van der Waals surface area contributed by atoms with Crippen molar-refractivity contribution in [2.45, 2.75) is 32.4 Å². The van der Waals surface area contributed by atoms with Crippen molar-refractivity contribution in [1.82, 2.24) is 5.32 Å². The Hall–Kier alpha value is -0.900. The van der Waals surface area contributed by atoms with Gasteiger partial charge in [-0.2, -0.15) is 0 Å². The predicted octanol–water partition coefficient (Wildman–Crippen LogP) is 1.85. The van der Waals surface area contributed by atoms with E-state index in [0.717, 1.165) is 13.0 Å². The number of nitrogens with one attached hydrogen (secondary N) is 1. The fourth-order valence-corrected chi connectivity index (χ4v) is 2.60. The van der Waals surface area contributed by atoms with Crippen molar-refractivity contribution in [2.75, 3.05) is 26.9 Å². The molecule has 1 N–H and O–H groups in total. The highest BCUT2D eigenvalue weighted by atomic mass is 16.6. The quantitative estimate of drug-likeness (QED) is 0.883. The van der Waals surface area contributed by atoms with E-state index in [-0.39, 0.29) is 6.10 Å². The topological polar surface area (TPSA) is 30.5 Å². The zero-order chi connectivity index (χ0) is 13.0. The summed E-state index contributed by atoms with van der Waals surface area (Å²) in [5.41, 5.74) is 4.00. The van der Waals surface area contributed by atoms with Gasteiger partial charge in [-0.3, -0.25) is 0 Å². The van der Waals surface area contributed by atoms with Gasteiger partial charge < -0.3 is 14.8 Å². The third kappa shape index (κ3) is 3.55. The van der Waals surface area contributed by atoms with E-state index >= 15 is 0 Å². The first-order valence-corrected chi connectivity index (χ1v) is 6.63. The average Bonchev–Trinajstić information content (AvgIpc) is 2.36. The van der Waals surface area contributed by atoms with Gasteiger partial charge in [-0.25, -0.2) is 0 Å². The summed E-state index contributed by atoms with van der Waals surface area (Å²) in [5.74, 6) is 0. The maximum atomic E-state index is 5.78. The zero-order valence-corrected chi connectivity index (χ0v) is 11.5. The van der Waals surface area contributed by atoms with Crippen molar-refractivity contribution in [3.05, 3.63) is 34.9 Å². The van der Waals surface area contributed by atoms with Gasteiger partial charge in [0.25, 0.3) is 0 Å². The van der Waals surface area contributed by atoms with Crippen molar-refractivity contribution in [2.24, 2.45) is 0 Å². The molecule has 0 radical (unpaired) electrons. The molecule has 18 heavy (non-hydrogen) atoms. The fraction of sp³-hybridized carbons (Fsp3) is 0.600. The second-order valence-electron chi connectivity index (χ2n) is 5.08. The predicted molar refractivity (Wildman–Crippen MR) is 73.0 cm³/mol. The van der Waals surface area contributed by atoms with E-state index in [1.54, 1.807) is 0 Å². The molecule has 100 valence electrons. The lowest BCUT2D eigenvalue weighted by Gasteiger charge is -2.30. The van der Waals surface area contributed by atoms with Crippen LogP contribution < -0.4 is 5.32 Å². The molecule has 1 aliphatic heterocycles. The Balaban J connectivity index is 2.04. The lowest BCUT2D eigenvalue weighted by Crippen LogP contribution is -2.46. The monoisotopic (exact) mass is 249 g/mol. The normalized spacial score (nSPS) is 21.8. The van der Waals surface area contributed by atoms with Gasteiger partial charge in [0.1, 0.15) is 0 Å². The lowest BCUT2D eigenvalue weighted by molar-refractivity contribution is -0.100. The van der Waals surface area contributed by atoms with E-state index < -0.39 is 0 Å². The summed E-state index contributed by atoms with van der Waals surface area (Å²) in [6, 6.07) is 7.02. The summed E-state index contributed by atoms with van der Waals surface area (Å²) >= 11 is 0. The molecule has 0 aliphatic carbocycles. The first kappa shape index (κ1) is 13.5. The smallest absolute Gasteiger partial charge is 0.0965 e.